The van der Waals surface area contributed by atoms with Gasteiger partial charge < -0.3 is 14.8 Å². The Balaban J connectivity index is 1.49. The Morgan fingerprint density at radius 2 is 2.09 bits per heavy atom. The molecule has 0 aromatic heterocycles. The van der Waals surface area contributed by atoms with Crippen LogP contribution in [0.15, 0.2) is 48.5 Å². The minimum Gasteiger partial charge on any atom is -0.489 e. The first-order chi connectivity index (χ1) is 11.3. The topological polar surface area (TPSA) is 30.5 Å². The molecule has 1 unspecified atom stereocenters. The van der Waals surface area contributed by atoms with Gasteiger partial charge >= 0.3 is 0 Å². The van der Waals surface area contributed by atoms with Gasteiger partial charge in [0, 0.05) is 30.3 Å². The summed E-state index contributed by atoms with van der Waals surface area (Å²) < 4.78 is 11.5. The van der Waals surface area contributed by atoms with Crippen LogP contribution in [0.1, 0.15) is 24.0 Å². The maximum Gasteiger partial charge on any atom is 0.120 e. The van der Waals surface area contributed by atoms with Gasteiger partial charge in [-0.25, -0.2) is 0 Å². The summed E-state index contributed by atoms with van der Waals surface area (Å²) in [5.41, 5.74) is 2.20. The number of ether oxygens (including phenoxy) is 2. The lowest BCUT2D eigenvalue weighted by molar-refractivity contribution is 0.110. The first-order valence-corrected chi connectivity index (χ1v) is 8.46. The third-order valence-corrected chi connectivity index (χ3v) is 4.34. The summed E-state index contributed by atoms with van der Waals surface area (Å²) in [6.45, 7) is 3.11. The Hall–Kier alpha value is -1.55. The number of hydrogen-bond donors (Lipinski definition) is 1. The predicted molar refractivity (Wildman–Crippen MR) is 92.9 cm³/mol. The SMILES string of the molecule is Clc1ccccc1COc1cccc(CNCC2CCCO2)c1. The standard InChI is InChI=1S/C19H22ClNO2/c20-19-9-2-1-6-16(19)14-23-17-7-3-5-15(11-17)12-21-13-18-8-4-10-22-18/h1-3,5-7,9,11,18,21H,4,8,10,12-14H2. The van der Waals surface area contributed by atoms with Crippen LogP contribution in [-0.2, 0) is 17.9 Å². The van der Waals surface area contributed by atoms with E-state index < -0.39 is 0 Å². The summed E-state index contributed by atoms with van der Waals surface area (Å²) in [6.07, 6.45) is 2.71. The lowest BCUT2D eigenvalue weighted by Crippen LogP contribution is -2.25. The Bertz CT molecular complexity index is 626. The van der Waals surface area contributed by atoms with Crippen molar-refractivity contribution in [1.29, 1.82) is 0 Å². The van der Waals surface area contributed by atoms with Crippen LogP contribution in [-0.4, -0.2) is 19.3 Å². The Morgan fingerprint density at radius 3 is 2.91 bits per heavy atom. The molecule has 0 radical (unpaired) electrons. The average Bonchev–Trinajstić information content (AvgIpc) is 3.08. The highest BCUT2D eigenvalue weighted by molar-refractivity contribution is 6.31. The molecule has 0 saturated carbocycles. The van der Waals surface area contributed by atoms with E-state index >= 15 is 0 Å². The summed E-state index contributed by atoms with van der Waals surface area (Å²) in [5.74, 6) is 0.862. The molecule has 1 atom stereocenters. The van der Waals surface area contributed by atoms with E-state index in [0.29, 0.717) is 12.7 Å². The fourth-order valence-corrected chi connectivity index (χ4v) is 2.89. The van der Waals surface area contributed by atoms with Crippen LogP contribution in [0.5, 0.6) is 5.75 Å². The second-order valence-corrected chi connectivity index (χ2v) is 6.20. The average molecular weight is 332 g/mol. The number of hydrogen-bond acceptors (Lipinski definition) is 3. The molecule has 2 aromatic carbocycles. The first-order valence-electron chi connectivity index (χ1n) is 8.09. The lowest BCUT2D eigenvalue weighted by atomic mass is 10.2. The van der Waals surface area contributed by atoms with Crippen molar-refractivity contribution in [1.82, 2.24) is 5.32 Å². The van der Waals surface area contributed by atoms with E-state index in [1.54, 1.807) is 0 Å². The third kappa shape index (κ3) is 4.96. The van der Waals surface area contributed by atoms with E-state index in [-0.39, 0.29) is 0 Å². The molecule has 1 N–H and O–H groups in total. The third-order valence-electron chi connectivity index (χ3n) is 3.98. The van der Waals surface area contributed by atoms with Crippen molar-refractivity contribution in [2.75, 3.05) is 13.2 Å². The summed E-state index contributed by atoms with van der Waals surface area (Å²) in [7, 11) is 0. The fraction of sp³-hybridized carbons (Fsp3) is 0.368. The van der Waals surface area contributed by atoms with Crippen LogP contribution < -0.4 is 10.1 Å². The van der Waals surface area contributed by atoms with Gasteiger partial charge in [-0.15, -0.1) is 0 Å². The predicted octanol–water partition coefficient (Wildman–Crippen LogP) is 4.19. The van der Waals surface area contributed by atoms with Crippen LogP contribution >= 0.6 is 11.6 Å². The van der Waals surface area contributed by atoms with Gasteiger partial charge in [-0.2, -0.15) is 0 Å². The van der Waals surface area contributed by atoms with Crippen molar-refractivity contribution in [3.63, 3.8) is 0 Å². The zero-order chi connectivity index (χ0) is 15.9. The van der Waals surface area contributed by atoms with Crippen molar-refractivity contribution in [2.45, 2.75) is 32.1 Å². The van der Waals surface area contributed by atoms with Crippen LogP contribution in [0.4, 0.5) is 0 Å². The van der Waals surface area contributed by atoms with Crippen molar-refractivity contribution in [3.05, 3.63) is 64.7 Å². The Morgan fingerprint density at radius 1 is 1.17 bits per heavy atom. The lowest BCUT2D eigenvalue weighted by Gasteiger charge is -2.12. The quantitative estimate of drug-likeness (QED) is 0.825. The second kappa shape index (κ2) is 8.34. The molecule has 1 fully saturated rings. The molecule has 3 nitrogen and oxygen atoms in total. The van der Waals surface area contributed by atoms with Crippen LogP contribution in [0.2, 0.25) is 5.02 Å². The highest BCUT2D eigenvalue weighted by Crippen LogP contribution is 2.19. The van der Waals surface area contributed by atoms with Crippen molar-refractivity contribution in [3.8, 4) is 5.75 Å². The molecule has 1 saturated heterocycles. The largest absolute Gasteiger partial charge is 0.489 e. The van der Waals surface area contributed by atoms with E-state index in [9.17, 15) is 0 Å². The highest BCUT2D eigenvalue weighted by Gasteiger charge is 2.14. The van der Waals surface area contributed by atoms with E-state index in [0.717, 1.165) is 42.5 Å². The Kier molecular flexibility index (Phi) is 5.92. The second-order valence-electron chi connectivity index (χ2n) is 5.79. The zero-order valence-electron chi connectivity index (χ0n) is 13.1. The molecule has 122 valence electrons. The minimum absolute atomic E-state index is 0.370. The maximum atomic E-state index is 6.15. The number of nitrogens with one attached hydrogen (secondary N) is 1. The van der Waals surface area contributed by atoms with Crippen LogP contribution in [0, 0.1) is 0 Å². The van der Waals surface area contributed by atoms with Crippen molar-refractivity contribution < 1.29 is 9.47 Å². The van der Waals surface area contributed by atoms with Crippen LogP contribution in [0.25, 0.3) is 0 Å². The van der Waals surface area contributed by atoms with E-state index in [1.807, 2.05) is 36.4 Å². The number of benzene rings is 2. The Labute approximate surface area is 142 Å². The van der Waals surface area contributed by atoms with Crippen molar-refractivity contribution >= 4 is 11.6 Å². The van der Waals surface area contributed by atoms with Gasteiger partial charge in [0.25, 0.3) is 0 Å². The summed E-state index contributed by atoms with van der Waals surface area (Å²) in [5, 5.41) is 4.19. The molecular formula is C19H22ClNO2. The molecule has 0 aliphatic carbocycles. The highest BCUT2D eigenvalue weighted by atomic mass is 35.5. The van der Waals surface area contributed by atoms with Gasteiger partial charge in [0.05, 0.1) is 6.10 Å². The molecule has 3 rings (SSSR count). The van der Waals surface area contributed by atoms with Gasteiger partial charge in [0.15, 0.2) is 0 Å². The number of rotatable bonds is 7. The van der Waals surface area contributed by atoms with Gasteiger partial charge in [-0.05, 0) is 36.6 Å². The molecular weight excluding hydrogens is 310 g/mol. The molecule has 0 spiro atoms. The first kappa shape index (κ1) is 16.3. The van der Waals surface area contributed by atoms with Crippen molar-refractivity contribution in [2.24, 2.45) is 0 Å². The maximum absolute atomic E-state index is 6.15. The van der Waals surface area contributed by atoms with Crippen LogP contribution in [0.3, 0.4) is 0 Å². The molecule has 1 aliphatic heterocycles. The molecule has 1 heterocycles. The zero-order valence-corrected chi connectivity index (χ0v) is 13.9. The summed E-state index contributed by atoms with van der Waals surface area (Å²) in [4.78, 5) is 0. The monoisotopic (exact) mass is 331 g/mol. The number of halogens is 1. The summed E-state index contributed by atoms with van der Waals surface area (Å²) in [6, 6.07) is 15.9. The van der Waals surface area contributed by atoms with Gasteiger partial charge in [-0.3, -0.25) is 0 Å². The summed E-state index contributed by atoms with van der Waals surface area (Å²) >= 11 is 6.15. The van der Waals surface area contributed by atoms with E-state index in [1.165, 1.54) is 12.0 Å². The fourth-order valence-electron chi connectivity index (χ4n) is 2.70. The molecule has 2 aromatic rings. The molecule has 0 amide bonds. The normalized spacial score (nSPS) is 17.3. The smallest absolute Gasteiger partial charge is 0.120 e. The molecule has 0 bridgehead atoms. The molecule has 23 heavy (non-hydrogen) atoms. The van der Waals surface area contributed by atoms with E-state index in [4.69, 9.17) is 21.1 Å². The van der Waals surface area contributed by atoms with Gasteiger partial charge in [-0.1, -0.05) is 41.9 Å². The van der Waals surface area contributed by atoms with E-state index in [2.05, 4.69) is 17.4 Å². The van der Waals surface area contributed by atoms with Gasteiger partial charge in [0.2, 0.25) is 0 Å². The van der Waals surface area contributed by atoms with Gasteiger partial charge in [0.1, 0.15) is 12.4 Å². The molecule has 1 aliphatic rings. The minimum atomic E-state index is 0.370. The molecule has 4 heteroatoms.